The fourth-order valence-electron chi connectivity index (χ4n) is 2.77. The van der Waals surface area contributed by atoms with Crippen LogP contribution in [-0.2, 0) is 0 Å². The van der Waals surface area contributed by atoms with E-state index in [0.717, 1.165) is 37.2 Å². The molecule has 2 aliphatic heterocycles. The molecule has 118 valence electrons. The maximum Gasteiger partial charge on any atom is 0.230 e. The van der Waals surface area contributed by atoms with E-state index < -0.39 is 0 Å². The second-order valence-corrected chi connectivity index (χ2v) is 7.21. The number of guanidine groups is 2. The van der Waals surface area contributed by atoms with Gasteiger partial charge in [-0.15, -0.1) is 0 Å². The maximum absolute atomic E-state index is 4.90. The van der Waals surface area contributed by atoms with Crippen molar-refractivity contribution in [3.63, 3.8) is 0 Å². The molecule has 3 rings (SSSR count). The van der Waals surface area contributed by atoms with Gasteiger partial charge >= 0.3 is 0 Å². The minimum atomic E-state index is 0.474. The van der Waals surface area contributed by atoms with Crippen LogP contribution in [0.3, 0.4) is 0 Å². The summed E-state index contributed by atoms with van der Waals surface area (Å²) >= 11 is 2.50. The Kier molecular flexibility index (Phi) is 4.85. The van der Waals surface area contributed by atoms with Crippen LogP contribution >= 0.6 is 22.6 Å². The van der Waals surface area contributed by atoms with Gasteiger partial charge in [-0.3, -0.25) is 0 Å². The second kappa shape index (κ2) is 6.85. The number of benzene rings is 1. The predicted molar refractivity (Wildman–Crippen MR) is 100.0 cm³/mol. The molecule has 0 aromatic heterocycles. The first kappa shape index (κ1) is 15.6. The Labute approximate surface area is 145 Å². The van der Waals surface area contributed by atoms with Gasteiger partial charge in [0.05, 0.1) is 9.74 Å². The zero-order valence-electron chi connectivity index (χ0n) is 13.1. The van der Waals surface area contributed by atoms with Crippen molar-refractivity contribution < 1.29 is 0 Å². The topological polar surface area (TPSA) is 34.4 Å². The first-order chi connectivity index (χ1) is 10.6. The zero-order chi connectivity index (χ0) is 15.5. The highest BCUT2D eigenvalue weighted by Crippen LogP contribution is 2.25. The Balaban J connectivity index is 1.96. The fraction of sp³-hybridized carbons (Fsp3) is 0.500. The van der Waals surface area contributed by atoms with Crippen molar-refractivity contribution in [2.45, 2.75) is 16.9 Å². The van der Waals surface area contributed by atoms with Crippen molar-refractivity contribution in [2.24, 2.45) is 9.98 Å². The number of rotatable bonds is 1. The molecule has 0 bridgehead atoms. The maximum atomic E-state index is 4.90. The lowest BCUT2D eigenvalue weighted by molar-refractivity contribution is 0.493. The molecular weight excluding hydrogens is 389 g/mol. The average Bonchev–Trinajstić information content (AvgIpc) is 3.08. The Hall–Kier alpha value is -1.31. The van der Waals surface area contributed by atoms with Gasteiger partial charge in [0.2, 0.25) is 11.9 Å². The number of halogens is 1. The number of nitrogens with zero attached hydrogens (tertiary/aromatic N) is 5. The smallest absolute Gasteiger partial charge is 0.230 e. The van der Waals surface area contributed by atoms with Gasteiger partial charge in [0, 0.05) is 33.7 Å². The van der Waals surface area contributed by atoms with E-state index in [1.807, 2.05) is 30.3 Å². The number of aliphatic imine (C=N–C) groups is 2. The second-order valence-electron chi connectivity index (χ2n) is 5.77. The van der Waals surface area contributed by atoms with Crippen LogP contribution in [0.2, 0.25) is 0 Å². The summed E-state index contributed by atoms with van der Waals surface area (Å²) in [5.74, 6) is 1.84. The SMILES string of the molecule is CN1CCN(C)C1=NC(=Nc1ccccc1)N1CCCC1I. The molecule has 1 unspecified atom stereocenters. The third kappa shape index (κ3) is 3.37. The molecule has 0 N–H and O–H groups in total. The molecule has 2 aliphatic rings. The summed E-state index contributed by atoms with van der Waals surface area (Å²) in [6, 6.07) is 10.1. The monoisotopic (exact) mass is 411 g/mol. The molecule has 2 saturated heterocycles. The number of likely N-dealkylation sites (N-methyl/N-ethyl adjacent to an activating group) is 2. The largest absolute Gasteiger partial charge is 0.344 e. The zero-order valence-corrected chi connectivity index (χ0v) is 15.3. The van der Waals surface area contributed by atoms with Crippen LogP contribution in [0.15, 0.2) is 40.3 Å². The average molecular weight is 411 g/mol. The van der Waals surface area contributed by atoms with E-state index in [2.05, 4.69) is 51.4 Å². The van der Waals surface area contributed by atoms with Gasteiger partial charge in [0.1, 0.15) is 0 Å². The lowest BCUT2D eigenvalue weighted by atomic mass is 10.3. The molecule has 2 fully saturated rings. The number of hydrogen-bond donors (Lipinski definition) is 0. The highest BCUT2D eigenvalue weighted by atomic mass is 127. The van der Waals surface area contributed by atoms with E-state index >= 15 is 0 Å². The molecule has 0 amide bonds. The first-order valence-corrected chi connectivity index (χ1v) is 8.95. The summed E-state index contributed by atoms with van der Waals surface area (Å²) in [5, 5.41) is 0. The van der Waals surface area contributed by atoms with Crippen LogP contribution in [-0.4, -0.2) is 64.4 Å². The van der Waals surface area contributed by atoms with Gasteiger partial charge in [-0.05, 0) is 25.0 Å². The van der Waals surface area contributed by atoms with E-state index in [0.29, 0.717) is 4.05 Å². The number of hydrogen-bond acceptors (Lipinski definition) is 1. The first-order valence-electron chi connectivity index (χ1n) is 7.70. The van der Waals surface area contributed by atoms with E-state index in [4.69, 9.17) is 9.98 Å². The lowest BCUT2D eigenvalue weighted by Crippen LogP contribution is -2.35. The Morgan fingerprint density at radius 1 is 1.09 bits per heavy atom. The number of likely N-dealkylation sites (tertiary alicyclic amines) is 1. The summed E-state index contributed by atoms with van der Waals surface area (Å²) in [6.45, 7) is 3.06. The summed E-state index contributed by atoms with van der Waals surface area (Å²) in [5.41, 5.74) is 0.959. The molecular formula is C16H22IN5. The van der Waals surface area contributed by atoms with Crippen molar-refractivity contribution >= 4 is 40.2 Å². The van der Waals surface area contributed by atoms with Crippen molar-refractivity contribution in [1.29, 1.82) is 0 Å². The standard InChI is InChI=1S/C16H22IN5/c1-20-11-12-21(2)16(20)19-15(22-10-6-9-14(22)17)18-13-7-4-3-5-8-13/h3-5,7-8,14H,6,9-12H2,1-2H3. The molecule has 1 atom stereocenters. The van der Waals surface area contributed by atoms with E-state index in [9.17, 15) is 0 Å². The van der Waals surface area contributed by atoms with Gasteiger partial charge in [-0.1, -0.05) is 40.8 Å². The molecule has 0 saturated carbocycles. The van der Waals surface area contributed by atoms with Gasteiger partial charge in [0.25, 0.3) is 0 Å². The van der Waals surface area contributed by atoms with Crippen molar-refractivity contribution in [2.75, 3.05) is 33.7 Å². The highest BCUT2D eigenvalue weighted by Gasteiger charge is 2.27. The predicted octanol–water partition coefficient (Wildman–Crippen LogP) is 2.76. The van der Waals surface area contributed by atoms with Crippen LogP contribution in [0.5, 0.6) is 0 Å². The highest BCUT2D eigenvalue weighted by molar-refractivity contribution is 14.1. The number of alkyl halides is 1. The van der Waals surface area contributed by atoms with Crippen LogP contribution in [0.4, 0.5) is 5.69 Å². The molecule has 0 spiro atoms. The minimum Gasteiger partial charge on any atom is -0.344 e. The van der Waals surface area contributed by atoms with E-state index in [1.165, 1.54) is 12.8 Å². The van der Waals surface area contributed by atoms with Gasteiger partial charge in [-0.2, -0.15) is 4.99 Å². The van der Waals surface area contributed by atoms with Crippen molar-refractivity contribution in [3.05, 3.63) is 30.3 Å². The fourth-order valence-corrected chi connectivity index (χ4v) is 3.74. The molecule has 2 heterocycles. The Bertz CT molecular complexity index is 559. The Morgan fingerprint density at radius 3 is 2.36 bits per heavy atom. The summed E-state index contributed by atoms with van der Waals surface area (Å²) in [4.78, 5) is 16.4. The van der Waals surface area contributed by atoms with Crippen LogP contribution in [0.25, 0.3) is 0 Å². The van der Waals surface area contributed by atoms with Gasteiger partial charge in [0.15, 0.2) is 0 Å². The van der Waals surface area contributed by atoms with Gasteiger partial charge < -0.3 is 14.7 Å². The minimum absolute atomic E-state index is 0.474. The summed E-state index contributed by atoms with van der Waals surface area (Å²) in [6.07, 6.45) is 2.41. The van der Waals surface area contributed by atoms with Crippen LogP contribution < -0.4 is 0 Å². The molecule has 1 aromatic carbocycles. The third-order valence-corrected chi connectivity index (χ3v) is 5.37. The third-order valence-electron chi connectivity index (χ3n) is 4.08. The van der Waals surface area contributed by atoms with Gasteiger partial charge in [-0.25, -0.2) is 4.99 Å². The molecule has 1 aromatic rings. The molecule has 0 radical (unpaired) electrons. The van der Waals surface area contributed by atoms with Crippen LogP contribution in [0, 0.1) is 0 Å². The molecule has 22 heavy (non-hydrogen) atoms. The normalized spacial score (nSPS) is 22.7. The van der Waals surface area contributed by atoms with Crippen molar-refractivity contribution in [1.82, 2.24) is 14.7 Å². The molecule has 6 heteroatoms. The quantitative estimate of drug-likeness (QED) is 0.234. The van der Waals surface area contributed by atoms with E-state index in [1.54, 1.807) is 0 Å². The summed E-state index contributed by atoms with van der Waals surface area (Å²) < 4.78 is 0.474. The Morgan fingerprint density at radius 2 is 1.77 bits per heavy atom. The summed E-state index contributed by atoms with van der Waals surface area (Å²) in [7, 11) is 4.18. The van der Waals surface area contributed by atoms with E-state index in [-0.39, 0.29) is 0 Å². The molecule has 0 aliphatic carbocycles. The van der Waals surface area contributed by atoms with Crippen LogP contribution in [0.1, 0.15) is 12.8 Å². The van der Waals surface area contributed by atoms with Crippen molar-refractivity contribution in [3.8, 4) is 0 Å². The lowest BCUT2D eigenvalue weighted by Gasteiger charge is -2.23. The number of para-hydroxylation sites is 1. The molecule has 5 nitrogen and oxygen atoms in total.